The number of nitrogens with zero attached hydrogens (tertiary/aromatic N) is 1. The van der Waals surface area contributed by atoms with E-state index in [1.54, 1.807) is 0 Å². The Morgan fingerprint density at radius 3 is 2.68 bits per heavy atom. The second-order valence-electron chi connectivity index (χ2n) is 5.38. The zero-order valence-electron chi connectivity index (χ0n) is 12.5. The molecule has 0 saturated carbocycles. The van der Waals surface area contributed by atoms with E-state index in [4.69, 9.17) is 4.42 Å². The van der Waals surface area contributed by atoms with Gasteiger partial charge in [-0.3, -0.25) is 0 Å². The zero-order valence-corrected chi connectivity index (χ0v) is 12.5. The van der Waals surface area contributed by atoms with Crippen molar-refractivity contribution < 1.29 is 14.3 Å². The van der Waals surface area contributed by atoms with Crippen molar-refractivity contribution >= 4 is 28.0 Å². The lowest BCUT2D eigenvalue weighted by Crippen LogP contribution is -2.41. The Morgan fingerprint density at radius 1 is 1.14 bits per heavy atom. The van der Waals surface area contributed by atoms with Gasteiger partial charge in [0.2, 0.25) is 0 Å². The van der Waals surface area contributed by atoms with Crippen LogP contribution in [0.3, 0.4) is 0 Å². The maximum Gasteiger partial charge on any atom is 0.136 e. The van der Waals surface area contributed by atoms with E-state index in [0.717, 1.165) is 34.8 Å². The first-order valence-electron chi connectivity index (χ1n) is 7.55. The van der Waals surface area contributed by atoms with Gasteiger partial charge in [0.15, 0.2) is 0 Å². The van der Waals surface area contributed by atoms with Crippen molar-refractivity contribution in [3.8, 4) is 0 Å². The molecule has 0 radical (unpaired) electrons. The molecule has 22 heavy (non-hydrogen) atoms. The van der Waals surface area contributed by atoms with Gasteiger partial charge in [-0.25, -0.2) is 0 Å². The van der Waals surface area contributed by atoms with Gasteiger partial charge in [0.05, 0.1) is 0 Å². The fourth-order valence-electron chi connectivity index (χ4n) is 2.78. The molecule has 114 valence electrons. The molecule has 1 heterocycles. The molecule has 0 bridgehead atoms. The Hall–Kier alpha value is -2.49. The molecule has 0 aliphatic carbocycles. The summed E-state index contributed by atoms with van der Waals surface area (Å²) in [5, 5.41) is 13.1. The third kappa shape index (κ3) is 2.77. The minimum Gasteiger partial charge on any atom is -0.530 e. The van der Waals surface area contributed by atoms with Crippen molar-refractivity contribution in [1.82, 2.24) is 4.90 Å². The molecule has 0 N–H and O–H groups in total. The molecule has 4 nitrogen and oxygen atoms in total. The highest BCUT2D eigenvalue weighted by Gasteiger charge is 2.07. The number of hydrogen-bond acceptors (Lipinski definition) is 3. The molecule has 0 atom stereocenters. The van der Waals surface area contributed by atoms with E-state index in [-0.39, 0.29) is 0 Å². The highest BCUT2D eigenvalue weighted by atomic mass is 16.4. The number of hydrogen-bond donors (Lipinski definition) is 0. The minimum absolute atomic E-state index is 0.466. The highest BCUT2D eigenvalue weighted by molar-refractivity contribution is 6.04. The van der Waals surface area contributed by atoms with E-state index in [9.17, 15) is 9.90 Å². The molecule has 0 spiro atoms. The van der Waals surface area contributed by atoms with E-state index >= 15 is 0 Å². The molecule has 4 heteroatoms. The maximum absolute atomic E-state index is 10.9. The summed E-state index contributed by atoms with van der Waals surface area (Å²) in [6.45, 7) is 2.79. The first-order chi connectivity index (χ1) is 10.7. The van der Waals surface area contributed by atoms with E-state index in [1.165, 1.54) is 10.5 Å². The van der Waals surface area contributed by atoms with E-state index in [2.05, 4.69) is 12.1 Å². The Labute approximate surface area is 128 Å². The quantitative estimate of drug-likeness (QED) is 0.726. The summed E-state index contributed by atoms with van der Waals surface area (Å²) in [7, 11) is 0. The van der Waals surface area contributed by atoms with Crippen molar-refractivity contribution in [2.45, 2.75) is 19.8 Å². The van der Waals surface area contributed by atoms with Gasteiger partial charge in [-0.05, 0) is 43.5 Å². The Bertz CT molecular complexity index is 806. The summed E-state index contributed by atoms with van der Waals surface area (Å²) in [6.07, 6.45) is 0.515. The molecular formula is C18H18NO3-. The second kappa shape index (κ2) is 6.10. The first kappa shape index (κ1) is 14.4. The van der Waals surface area contributed by atoms with Crippen molar-refractivity contribution in [2.24, 2.45) is 0 Å². The van der Waals surface area contributed by atoms with Gasteiger partial charge in [-0.15, -0.1) is 0 Å². The highest BCUT2D eigenvalue weighted by Crippen LogP contribution is 2.29. The molecular weight excluding hydrogens is 278 g/mol. The number of para-hydroxylation sites is 1. The van der Waals surface area contributed by atoms with Gasteiger partial charge in [0.1, 0.15) is 17.3 Å². The molecule has 3 rings (SSSR count). The van der Waals surface area contributed by atoms with Crippen LogP contribution in [0.15, 0.2) is 46.9 Å². The van der Waals surface area contributed by atoms with Crippen LogP contribution in [0.5, 0.6) is 0 Å². The molecule has 2 aromatic carbocycles. The molecule has 1 amide bonds. The van der Waals surface area contributed by atoms with Gasteiger partial charge in [0.25, 0.3) is 0 Å². The summed E-state index contributed by atoms with van der Waals surface area (Å²) < 4.78 is 5.80. The fraction of sp³-hybridized carbons (Fsp3) is 0.278. The smallest absolute Gasteiger partial charge is 0.136 e. The van der Waals surface area contributed by atoms with Crippen LogP contribution in [0, 0.1) is 0 Å². The molecule has 0 saturated heterocycles. The number of aryl methyl sites for hydroxylation is 1. The lowest BCUT2D eigenvalue weighted by atomic mass is 10.1. The topological polar surface area (TPSA) is 56.5 Å². The number of carboxylic acid groups (broad SMARTS) is 1. The average molecular weight is 296 g/mol. The van der Waals surface area contributed by atoms with Crippen LogP contribution in [0.4, 0.5) is 4.79 Å². The van der Waals surface area contributed by atoms with Crippen LogP contribution in [-0.4, -0.2) is 24.1 Å². The van der Waals surface area contributed by atoms with Gasteiger partial charge >= 0.3 is 0 Å². The number of amides is 1. The van der Waals surface area contributed by atoms with Crippen LogP contribution in [0.1, 0.15) is 18.9 Å². The molecule has 0 unspecified atom stereocenters. The summed E-state index contributed by atoms with van der Waals surface area (Å²) in [4.78, 5) is 12.2. The predicted octanol–water partition coefficient (Wildman–Crippen LogP) is 3.18. The third-order valence-electron chi connectivity index (χ3n) is 3.97. The number of benzene rings is 2. The minimum atomic E-state index is -1.10. The normalized spacial score (nSPS) is 11.1. The zero-order chi connectivity index (χ0) is 15.5. The maximum atomic E-state index is 10.9. The van der Waals surface area contributed by atoms with Crippen molar-refractivity contribution in [1.29, 1.82) is 0 Å². The van der Waals surface area contributed by atoms with Crippen LogP contribution in [0.25, 0.3) is 21.9 Å². The summed E-state index contributed by atoms with van der Waals surface area (Å²) in [5.74, 6) is 0. The van der Waals surface area contributed by atoms with Gasteiger partial charge in [-0.2, -0.15) is 0 Å². The standard InChI is InChI=1S/C18H19NO3/c1-2-19(18(20)21)11-5-6-13-9-10-17-15(12-13)14-7-3-4-8-16(14)22-17/h3-4,7-10,12H,2,5-6,11H2,1H3,(H,20,21)/p-1. The van der Waals surface area contributed by atoms with E-state index in [0.29, 0.717) is 13.1 Å². The van der Waals surface area contributed by atoms with Gasteiger partial charge < -0.3 is 19.2 Å². The van der Waals surface area contributed by atoms with E-state index in [1.807, 2.05) is 37.3 Å². The lowest BCUT2D eigenvalue weighted by Gasteiger charge is -2.22. The van der Waals surface area contributed by atoms with Crippen molar-refractivity contribution in [3.05, 3.63) is 48.0 Å². The number of carbonyl (C=O) groups is 1. The second-order valence-corrected chi connectivity index (χ2v) is 5.38. The average Bonchev–Trinajstić information content (AvgIpc) is 2.89. The van der Waals surface area contributed by atoms with E-state index < -0.39 is 6.09 Å². The molecule has 0 aliphatic heterocycles. The van der Waals surface area contributed by atoms with Crippen LogP contribution < -0.4 is 5.11 Å². The number of carbonyl (C=O) groups excluding carboxylic acids is 1. The van der Waals surface area contributed by atoms with Crippen molar-refractivity contribution in [3.63, 3.8) is 0 Å². The monoisotopic (exact) mass is 296 g/mol. The van der Waals surface area contributed by atoms with Crippen LogP contribution >= 0.6 is 0 Å². The molecule has 0 aliphatic rings. The summed E-state index contributed by atoms with van der Waals surface area (Å²) >= 11 is 0. The van der Waals surface area contributed by atoms with Crippen LogP contribution in [-0.2, 0) is 6.42 Å². The Kier molecular flexibility index (Phi) is 4.00. The Morgan fingerprint density at radius 2 is 1.91 bits per heavy atom. The summed E-state index contributed by atoms with van der Waals surface area (Å²) in [5.41, 5.74) is 2.96. The largest absolute Gasteiger partial charge is 0.530 e. The Balaban J connectivity index is 1.77. The van der Waals surface area contributed by atoms with Gasteiger partial charge in [-0.1, -0.05) is 24.3 Å². The number of furan rings is 1. The molecule has 0 fully saturated rings. The SMILES string of the molecule is CCN(CCCc1ccc2oc3ccccc3c2c1)C(=O)[O-]. The lowest BCUT2D eigenvalue weighted by molar-refractivity contribution is -0.265. The predicted molar refractivity (Wildman–Crippen MR) is 84.7 cm³/mol. The van der Waals surface area contributed by atoms with Crippen LogP contribution in [0.2, 0.25) is 0 Å². The third-order valence-corrected chi connectivity index (χ3v) is 3.97. The van der Waals surface area contributed by atoms with Crippen molar-refractivity contribution in [2.75, 3.05) is 13.1 Å². The number of fused-ring (bicyclic) bond motifs is 3. The molecule has 3 aromatic rings. The fourth-order valence-corrected chi connectivity index (χ4v) is 2.78. The first-order valence-corrected chi connectivity index (χ1v) is 7.55. The molecule has 1 aromatic heterocycles. The van der Waals surface area contributed by atoms with Gasteiger partial charge in [0, 0.05) is 23.9 Å². The number of rotatable bonds is 5. The summed E-state index contributed by atoms with van der Waals surface area (Å²) in [6, 6.07) is 14.2.